The van der Waals surface area contributed by atoms with Crippen molar-refractivity contribution in [1.29, 1.82) is 0 Å². The van der Waals surface area contributed by atoms with Crippen LogP contribution in [0.15, 0.2) is 30.3 Å². The van der Waals surface area contributed by atoms with Crippen molar-refractivity contribution in [2.24, 2.45) is 0 Å². The monoisotopic (exact) mass is 573 g/mol. The summed E-state index contributed by atoms with van der Waals surface area (Å²) in [6, 6.07) is 4.68. The average Bonchev–Trinajstić information content (AvgIpc) is 2.93. The molecule has 2 atom stereocenters. The van der Waals surface area contributed by atoms with Crippen LogP contribution in [0.3, 0.4) is 0 Å². The van der Waals surface area contributed by atoms with Gasteiger partial charge in [0.05, 0.1) is 18.6 Å². The first-order chi connectivity index (χ1) is 19.0. The van der Waals surface area contributed by atoms with Crippen LogP contribution in [0.4, 0.5) is 4.79 Å². The lowest BCUT2D eigenvalue weighted by atomic mass is 9.72. The summed E-state index contributed by atoms with van der Waals surface area (Å²) >= 11 is 6.30. The fourth-order valence-corrected chi connectivity index (χ4v) is 4.65. The highest BCUT2D eigenvalue weighted by molar-refractivity contribution is 6.47. The third-order valence-electron chi connectivity index (χ3n) is 6.52. The normalized spacial score (nSPS) is 17.5. The molecule has 40 heavy (non-hydrogen) atoms. The van der Waals surface area contributed by atoms with E-state index in [9.17, 15) is 34.1 Å². The Balaban J connectivity index is 1.59. The van der Waals surface area contributed by atoms with E-state index < -0.39 is 48.8 Å². The number of methoxy groups -OCH3 is 1. The van der Waals surface area contributed by atoms with Crippen molar-refractivity contribution in [3.05, 3.63) is 52.2 Å². The molecular weight excluding hydrogens is 549 g/mol. The number of carbonyl (C=O) groups is 5. The fraction of sp³-hybridized carbons (Fsp3) is 0.333. The molecule has 14 nitrogen and oxygen atoms in total. The molecule has 1 unspecified atom stereocenters. The van der Waals surface area contributed by atoms with E-state index in [1.807, 2.05) is 0 Å². The highest BCUT2D eigenvalue weighted by Gasteiger charge is 2.41. The number of likely N-dealkylation sites (N-methyl/N-ethyl adjacent to an activating group) is 1. The predicted octanol–water partition coefficient (Wildman–Crippen LogP) is 0.0228. The van der Waals surface area contributed by atoms with Crippen LogP contribution in [0.25, 0.3) is 0 Å². The summed E-state index contributed by atoms with van der Waals surface area (Å²) in [5.41, 5.74) is 0.321. The molecule has 16 heteroatoms. The molecule has 2 aromatic rings. The summed E-state index contributed by atoms with van der Waals surface area (Å²) in [6.07, 6.45) is 0.00455. The summed E-state index contributed by atoms with van der Waals surface area (Å²) in [5, 5.41) is 24.8. The van der Waals surface area contributed by atoms with Gasteiger partial charge in [0, 0.05) is 31.3 Å². The van der Waals surface area contributed by atoms with Gasteiger partial charge in [-0.15, -0.1) is 0 Å². The Morgan fingerprint density at radius 3 is 2.62 bits per heavy atom. The van der Waals surface area contributed by atoms with Gasteiger partial charge >= 0.3 is 30.9 Å². The van der Waals surface area contributed by atoms with E-state index in [2.05, 4.69) is 15.6 Å². The predicted molar refractivity (Wildman–Crippen MR) is 139 cm³/mol. The van der Waals surface area contributed by atoms with Crippen molar-refractivity contribution >= 4 is 48.4 Å². The molecule has 2 aliphatic rings. The smallest absolute Gasteiger partial charge is 0.534 e. The molecule has 0 radical (unpaired) electrons. The summed E-state index contributed by atoms with van der Waals surface area (Å²) in [4.78, 5) is 69.0. The van der Waals surface area contributed by atoms with Crippen LogP contribution in [0.2, 0.25) is 5.15 Å². The van der Waals surface area contributed by atoms with Crippen LogP contribution in [-0.2, 0) is 20.8 Å². The maximum absolute atomic E-state index is 13.5. The minimum absolute atomic E-state index is 0.00455. The second-order valence-electron chi connectivity index (χ2n) is 8.88. The van der Waals surface area contributed by atoms with E-state index >= 15 is 0 Å². The van der Waals surface area contributed by atoms with Crippen molar-refractivity contribution < 1.29 is 43.5 Å². The molecule has 4 rings (SSSR count). The van der Waals surface area contributed by atoms with Crippen LogP contribution in [0.5, 0.6) is 11.6 Å². The third kappa shape index (κ3) is 5.65. The van der Waals surface area contributed by atoms with Gasteiger partial charge in [0.15, 0.2) is 0 Å². The number of ether oxygens (including phenoxy) is 1. The molecule has 1 fully saturated rings. The Morgan fingerprint density at radius 2 is 1.98 bits per heavy atom. The number of pyridine rings is 1. The van der Waals surface area contributed by atoms with Crippen LogP contribution in [-0.4, -0.2) is 94.4 Å². The third-order valence-corrected chi connectivity index (χ3v) is 6.82. The van der Waals surface area contributed by atoms with Crippen molar-refractivity contribution in [1.82, 2.24) is 25.4 Å². The number of rotatable bonds is 7. The number of nitrogens with zero attached hydrogens (tertiary/aromatic N) is 3. The topological polar surface area (TPSA) is 188 Å². The van der Waals surface area contributed by atoms with Gasteiger partial charge in [-0.25, -0.2) is 14.6 Å². The Bertz CT molecular complexity index is 1380. The number of nitrogens with one attached hydrogen (secondary N) is 2. The number of imide groups is 1. The van der Waals surface area contributed by atoms with Crippen LogP contribution < -0.4 is 20.0 Å². The zero-order valence-electron chi connectivity index (χ0n) is 21.4. The molecular formula is C24H25BClN5O9. The minimum Gasteiger partial charge on any atom is -0.534 e. The lowest BCUT2D eigenvalue weighted by Gasteiger charge is -2.33. The maximum atomic E-state index is 13.5. The lowest BCUT2D eigenvalue weighted by Crippen LogP contribution is -2.60. The number of carboxylic acids is 1. The first-order valence-electron chi connectivity index (χ1n) is 12.2. The summed E-state index contributed by atoms with van der Waals surface area (Å²) in [7, 11) is -0.264. The van der Waals surface area contributed by atoms with Crippen molar-refractivity contribution in [2.45, 2.75) is 25.3 Å². The largest absolute Gasteiger partial charge is 0.547 e. The SMILES string of the molecule is CCN1CCN(C(=O)NC(C(=O)N[C@H]2Cc3cccc(C(=O)O)c3OB2O)c2ccc(OC)nc2Cl)C(=O)C1=O. The van der Waals surface area contributed by atoms with E-state index in [4.69, 9.17) is 21.0 Å². The summed E-state index contributed by atoms with van der Waals surface area (Å²) in [5.74, 6) is -4.93. The van der Waals surface area contributed by atoms with E-state index in [0.29, 0.717) is 17.0 Å². The minimum atomic E-state index is -1.63. The molecule has 210 valence electrons. The van der Waals surface area contributed by atoms with Crippen molar-refractivity contribution in [2.75, 3.05) is 26.7 Å². The fourth-order valence-electron chi connectivity index (χ4n) is 4.40. The van der Waals surface area contributed by atoms with Gasteiger partial charge in [0.2, 0.25) is 11.8 Å². The molecule has 5 amide bonds. The van der Waals surface area contributed by atoms with Gasteiger partial charge in [-0.05, 0) is 31.0 Å². The lowest BCUT2D eigenvalue weighted by molar-refractivity contribution is -0.153. The van der Waals surface area contributed by atoms with E-state index in [0.717, 1.165) is 0 Å². The second-order valence-corrected chi connectivity index (χ2v) is 9.24. The Morgan fingerprint density at radius 1 is 1.23 bits per heavy atom. The van der Waals surface area contributed by atoms with Gasteiger partial charge in [-0.1, -0.05) is 23.7 Å². The molecule has 0 spiro atoms. The van der Waals surface area contributed by atoms with Crippen molar-refractivity contribution in [3.63, 3.8) is 0 Å². The molecule has 1 aromatic carbocycles. The number of piperazine rings is 1. The number of aromatic carboxylic acids is 1. The number of fused-ring (bicyclic) bond motifs is 1. The number of halogens is 1. The first kappa shape index (κ1) is 28.6. The maximum Gasteiger partial charge on any atom is 0.547 e. The number of amides is 5. The van der Waals surface area contributed by atoms with Crippen LogP contribution >= 0.6 is 11.6 Å². The van der Waals surface area contributed by atoms with Gasteiger partial charge in [-0.2, -0.15) is 0 Å². The number of carboxylic acid groups (broad SMARTS) is 1. The molecule has 1 saturated heterocycles. The standard InChI is InChI=1S/C24H25BClN5O9/c1-3-30-9-10-31(22(34)21(30)33)24(37)29-17(13-7-8-16(39-2)28-19(13)26)20(32)27-15-11-12-5-4-6-14(23(35)36)18(12)40-25(15)38/h4-8,15,17,38H,3,9-11H2,1-2H3,(H,27,32)(H,29,37)(H,35,36)/t15-,17?/m0/s1. The van der Waals surface area contributed by atoms with Gasteiger partial charge < -0.3 is 35.1 Å². The van der Waals surface area contributed by atoms with E-state index in [1.54, 1.807) is 13.0 Å². The van der Waals surface area contributed by atoms with Crippen LogP contribution in [0, 0.1) is 0 Å². The number of carbonyl (C=O) groups excluding carboxylic acids is 4. The van der Waals surface area contributed by atoms with Crippen molar-refractivity contribution in [3.8, 4) is 11.6 Å². The molecule has 0 bridgehead atoms. The van der Waals surface area contributed by atoms with E-state index in [1.165, 1.54) is 36.3 Å². The average molecular weight is 574 g/mol. The molecule has 0 aliphatic carbocycles. The highest BCUT2D eigenvalue weighted by Crippen LogP contribution is 2.31. The number of hydrogen-bond donors (Lipinski definition) is 4. The summed E-state index contributed by atoms with van der Waals surface area (Å²) < 4.78 is 10.5. The zero-order valence-corrected chi connectivity index (χ0v) is 22.2. The number of benzene rings is 1. The molecule has 4 N–H and O–H groups in total. The Labute approximate surface area is 233 Å². The van der Waals surface area contributed by atoms with Gasteiger partial charge in [0.1, 0.15) is 16.9 Å². The molecule has 3 heterocycles. The highest BCUT2D eigenvalue weighted by atomic mass is 35.5. The number of aromatic nitrogens is 1. The molecule has 2 aliphatic heterocycles. The number of hydrogen-bond acceptors (Lipinski definition) is 9. The molecule has 1 aromatic heterocycles. The zero-order chi connectivity index (χ0) is 29.1. The Hall–Kier alpha value is -4.37. The first-order valence-corrected chi connectivity index (χ1v) is 12.5. The van der Waals surface area contributed by atoms with Gasteiger partial charge in [-0.3, -0.25) is 19.3 Å². The second kappa shape index (κ2) is 11.8. The Kier molecular flexibility index (Phi) is 8.45. The number of para-hydroxylation sites is 1. The number of urea groups is 1. The molecule has 0 saturated carbocycles. The summed E-state index contributed by atoms with van der Waals surface area (Å²) in [6.45, 7) is 2.02. The van der Waals surface area contributed by atoms with Gasteiger partial charge in [0.25, 0.3) is 0 Å². The van der Waals surface area contributed by atoms with Crippen LogP contribution in [0.1, 0.15) is 34.5 Å². The van der Waals surface area contributed by atoms with E-state index in [-0.39, 0.29) is 47.4 Å². The quantitative estimate of drug-likeness (QED) is 0.200.